The predicted molar refractivity (Wildman–Crippen MR) is 87.2 cm³/mol. The Morgan fingerprint density at radius 3 is 2.70 bits per heavy atom. The third-order valence-corrected chi connectivity index (χ3v) is 4.68. The minimum Gasteiger partial charge on any atom is -0.319 e. The smallest absolute Gasteiger partial charge is 0.0176 e. The number of likely N-dealkylation sites (N-methyl/N-ethyl adjacent to an activating group) is 1. The van der Waals surface area contributed by atoms with E-state index < -0.39 is 0 Å². The van der Waals surface area contributed by atoms with E-state index in [2.05, 4.69) is 61.4 Å². The fourth-order valence-corrected chi connectivity index (χ4v) is 3.67. The normalized spacial score (nSPS) is 22.9. The molecule has 2 rings (SSSR count). The summed E-state index contributed by atoms with van der Waals surface area (Å²) >= 11 is 0. The SMILES string of the molecule is CCCC1CCN(CC(C)(CNC)c2ccccc2)C1. The first-order valence-electron chi connectivity index (χ1n) is 8.10. The summed E-state index contributed by atoms with van der Waals surface area (Å²) in [5.41, 5.74) is 1.66. The lowest BCUT2D eigenvalue weighted by atomic mass is 9.82. The largest absolute Gasteiger partial charge is 0.319 e. The van der Waals surface area contributed by atoms with Crippen LogP contribution in [0.15, 0.2) is 30.3 Å². The highest BCUT2D eigenvalue weighted by Crippen LogP contribution is 2.28. The van der Waals surface area contributed by atoms with Gasteiger partial charge in [0, 0.05) is 25.0 Å². The molecule has 2 atom stereocenters. The van der Waals surface area contributed by atoms with Crippen molar-refractivity contribution in [3.05, 3.63) is 35.9 Å². The Labute approximate surface area is 124 Å². The molecule has 1 fully saturated rings. The van der Waals surface area contributed by atoms with Gasteiger partial charge < -0.3 is 10.2 Å². The molecule has 0 bridgehead atoms. The first-order chi connectivity index (χ1) is 9.68. The molecule has 1 aliphatic heterocycles. The van der Waals surface area contributed by atoms with Gasteiger partial charge in [-0.3, -0.25) is 0 Å². The van der Waals surface area contributed by atoms with E-state index in [9.17, 15) is 0 Å². The Bertz CT molecular complexity index is 390. The molecule has 1 N–H and O–H groups in total. The minimum absolute atomic E-state index is 0.205. The lowest BCUT2D eigenvalue weighted by Gasteiger charge is -2.34. The summed E-state index contributed by atoms with van der Waals surface area (Å²) in [5.74, 6) is 0.926. The summed E-state index contributed by atoms with van der Waals surface area (Å²) in [6.07, 6.45) is 4.10. The molecule has 0 amide bonds. The zero-order valence-corrected chi connectivity index (χ0v) is 13.4. The summed E-state index contributed by atoms with van der Waals surface area (Å²) in [6.45, 7) is 9.46. The number of hydrogen-bond acceptors (Lipinski definition) is 2. The van der Waals surface area contributed by atoms with Crippen molar-refractivity contribution >= 4 is 0 Å². The van der Waals surface area contributed by atoms with Crippen molar-refractivity contribution in [2.45, 2.75) is 38.5 Å². The van der Waals surface area contributed by atoms with Gasteiger partial charge in [-0.05, 0) is 37.9 Å². The van der Waals surface area contributed by atoms with Crippen LogP contribution in [0.1, 0.15) is 38.7 Å². The molecule has 112 valence electrons. The van der Waals surface area contributed by atoms with Gasteiger partial charge >= 0.3 is 0 Å². The standard InChI is InChI=1S/C18H30N2/c1-4-8-16-11-12-20(13-16)15-18(2,14-19-3)17-9-6-5-7-10-17/h5-7,9-10,16,19H,4,8,11-15H2,1-3H3. The molecule has 1 aliphatic rings. The van der Waals surface area contributed by atoms with Crippen LogP contribution in [0.3, 0.4) is 0 Å². The highest BCUT2D eigenvalue weighted by atomic mass is 15.2. The molecule has 0 aliphatic carbocycles. The number of benzene rings is 1. The van der Waals surface area contributed by atoms with Crippen LogP contribution in [0, 0.1) is 5.92 Å². The quantitative estimate of drug-likeness (QED) is 0.821. The molecule has 0 spiro atoms. The predicted octanol–water partition coefficient (Wildman–Crippen LogP) is 3.29. The van der Waals surface area contributed by atoms with Crippen LogP contribution in [0.25, 0.3) is 0 Å². The molecule has 1 aromatic rings. The van der Waals surface area contributed by atoms with Gasteiger partial charge in [-0.1, -0.05) is 50.6 Å². The van der Waals surface area contributed by atoms with Gasteiger partial charge in [-0.15, -0.1) is 0 Å². The van der Waals surface area contributed by atoms with E-state index in [-0.39, 0.29) is 5.41 Å². The van der Waals surface area contributed by atoms with E-state index in [0.717, 1.165) is 19.0 Å². The zero-order valence-electron chi connectivity index (χ0n) is 13.4. The lowest BCUT2D eigenvalue weighted by molar-refractivity contribution is 0.244. The third kappa shape index (κ3) is 3.83. The molecule has 1 saturated heterocycles. The Morgan fingerprint density at radius 2 is 2.05 bits per heavy atom. The van der Waals surface area contributed by atoms with Gasteiger partial charge in [0.2, 0.25) is 0 Å². The Hall–Kier alpha value is -0.860. The molecule has 0 aromatic heterocycles. The summed E-state index contributed by atoms with van der Waals surface area (Å²) in [5, 5.41) is 3.39. The minimum atomic E-state index is 0.205. The molecule has 1 aromatic carbocycles. The molecule has 1 heterocycles. The maximum atomic E-state index is 3.39. The Morgan fingerprint density at radius 1 is 1.30 bits per heavy atom. The third-order valence-electron chi connectivity index (χ3n) is 4.68. The van der Waals surface area contributed by atoms with Crippen LogP contribution in [-0.4, -0.2) is 38.1 Å². The second-order valence-electron chi connectivity index (χ2n) is 6.64. The van der Waals surface area contributed by atoms with Crippen molar-refractivity contribution in [2.75, 3.05) is 33.2 Å². The molecule has 2 heteroatoms. The van der Waals surface area contributed by atoms with Gasteiger partial charge in [0.25, 0.3) is 0 Å². The maximum Gasteiger partial charge on any atom is 0.0176 e. The fourth-order valence-electron chi connectivity index (χ4n) is 3.67. The second kappa shape index (κ2) is 7.24. The zero-order chi connectivity index (χ0) is 14.4. The fraction of sp³-hybridized carbons (Fsp3) is 0.667. The average Bonchev–Trinajstić information content (AvgIpc) is 2.87. The monoisotopic (exact) mass is 274 g/mol. The van der Waals surface area contributed by atoms with E-state index in [1.54, 1.807) is 0 Å². The molecule has 2 unspecified atom stereocenters. The number of nitrogens with one attached hydrogen (secondary N) is 1. The van der Waals surface area contributed by atoms with Crippen molar-refractivity contribution in [1.82, 2.24) is 10.2 Å². The summed E-state index contributed by atoms with van der Waals surface area (Å²) in [7, 11) is 2.06. The van der Waals surface area contributed by atoms with Crippen molar-refractivity contribution in [2.24, 2.45) is 5.92 Å². The lowest BCUT2D eigenvalue weighted by Crippen LogP contribution is -2.44. The van der Waals surface area contributed by atoms with Crippen molar-refractivity contribution in [3.8, 4) is 0 Å². The van der Waals surface area contributed by atoms with Crippen LogP contribution in [-0.2, 0) is 5.41 Å². The highest BCUT2D eigenvalue weighted by Gasteiger charge is 2.31. The average molecular weight is 274 g/mol. The van der Waals surface area contributed by atoms with Crippen molar-refractivity contribution in [3.63, 3.8) is 0 Å². The number of nitrogens with zero attached hydrogens (tertiary/aromatic N) is 1. The summed E-state index contributed by atoms with van der Waals surface area (Å²) in [4.78, 5) is 2.67. The molecule has 0 radical (unpaired) electrons. The number of hydrogen-bond donors (Lipinski definition) is 1. The van der Waals surface area contributed by atoms with Gasteiger partial charge in [-0.2, -0.15) is 0 Å². The molecule has 2 nitrogen and oxygen atoms in total. The number of rotatable bonds is 7. The van der Waals surface area contributed by atoms with Crippen LogP contribution >= 0.6 is 0 Å². The van der Waals surface area contributed by atoms with E-state index >= 15 is 0 Å². The molecular weight excluding hydrogens is 244 g/mol. The Balaban J connectivity index is 2.03. The van der Waals surface area contributed by atoms with Gasteiger partial charge in [-0.25, -0.2) is 0 Å². The van der Waals surface area contributed by atoms with Gasteiger partial charge in [0.15, 0.2) is 0 Å². The van der Waals surface area contributed by atoms with E-state index in [1.807, 2.05) is 0 Å². The topological polar surface area (TPSA) is 15.3 Å². The Kier molecular flexibility index (Phi) is 5.62. The molecular formula is C18H30N2. The van der Waals surface area contributed by atoms with E-state index in [4.69, 9.17) is 0 Å². The van der Waals surface area contributed by atoms with Crippen LogP contribution in [0.5, 0.6) is 0 Å². The summed E-state index contributed by atoms with van der Waals surface area (Å²) in [6, 6.07) is 11.0. The van der Waals surface area contributed by atoms with Crippen molar-refractivity contribution in [1.29, 1.82) is 0 Å². The highest BCUT2D eigenvalue weighted by molar-refractivity contribution is 5.25. The first-order valence-corrected chi connectivity index (χ1v) is 8.10. The maximum absolute atomic E-state index is 3.39. The van der Waals surface area contributed by atoms with Gasteiger partial charge in [0.1, 0.15) is 0 Å². The van der Waals surface area contributed by atoms with Crippen LogP contribution in [0.4, 0.5) is 0 Å². The second-order valence-corrected chi connectivity index (χ2v) is 6.64. The molecule has 0 saturated carbocycles. The number of likely N-dealkylation sites (tertiary alicyclic amines) is 1. The van der Waals surface area contributed by atoms with Crippen molar-refractivity contribution < 1.29 is 0 Å². The van der Waals surface area contributed by atoms with E-state index in [0.29, 0.717) is 0 Å². The summed E-state index contributed by atoms with van der Waals surface area (Å²) < 4.78 is 0. The van der Waals surface area contributed by atoms with Gasteiger partial charge in [0.05, 0.1) is 0 Å². The van der Waals surface area contributed by atoms with E-state index in [1.165, 1.54) is 37.9 Å². The van der Waals surface area contributed by atoms with Crippen LogP contribution in [0.2, 0.25) is 0 Å². The first kappa shape index (κ1) is 15.5. The van der Waals surface area contributed by atoms with Crippen LogP contribution < -0.4 is 5.32 Å². The molecule has 20 heavy (non-hydrogen) atoms.